The average Bonchev–Trinajstić information content (AvgIpc) is 3.44. The molecule has 0 saturated carbocycles. The highest BCUT2D eigenvalue weighted by Gasteiger charge is 2.41. The van der Waals surface area contributed by atoms with Crippen molar-refractivity contribution in [3.8, 4) is 78.3 Å². The Morgan fingerprint density at radius 2 is 0.765 bits per heavy atom. The van der Waals surface area contributed by atoms with E-state index in [0.29, 0.717) is 0 Å². The summed E-state index contributed by atoms with van der Waals surface area (Å²) in [7, 11) is -2.08. The van der Waals surface area contributed by atoms with Crippen LogP contribution in [0.1, 0.15) is 0 Å². The predicted molar refractivity (Wildman–Crippen MR) is 217 cm³/mol. The Kier molecular flexibility index (Phi) is 7.64. The van der Waals surface area contributed by atoms with E-state index in [9.17, 15) is 0 Å². The molecule has 9 rings (SSSR count). The van der Waals surface area contributed by atoms with Crippen LogP contribution >= 0.6 is 0 Å². The van der Waals surface area contributed by atoms with Crippen LogP contribution in [0.15, 0.2) is 182 Å². The van der Waals surface area contributed by atoms with E-state index in [1.165, 1.54) is 60.6 Å². The van der Waals surface area contributed by atoms with Crippen LogP contribution < -0.4 is 10.5 Å². The molecule has 7 aromatic carbocycles. The molecule has 0 N–H and O–H groups in total. The number of hydrogen-bond donors (Lipinski definition) is 0. The number of fused-ring (bicyclic) bond motifs is 3. The molecule has 51 heavy (non-hydrogen) atoms. The number of rotatable bonds is 6. The lowest BCUT2D eigenvalue weighted by Crippen LogP contribution is -2.50. The zero-order chi connectivity index (χ0) is 34.4. The lowest BCUT2D eigenvalue weighted by molar-refractivity contribution is 1.21. The summed E-state index contributed by atoms with van der Waals surface area (Å²) in [5.41, 5.74) is 15.2. The van der Waals surface area contributed by atoms with Gasteiger partial charge in [0.05, 0.1) is 5.69 Å². The van der Waals surface area contributed by atoms with Gasteiger partial charge in [-0.15, -0.1) is 0 Å². The van der Waals surface area contributed by atoms with Gasteiger partial charge in [0.2, 0.25) is 0 Å². The molecule has 8 aromatic rings. The van der Waals surface area contributed by atoms with Gasteiger partial charge in [-0.2, -0.15) is 0 Å². The monoisotopic (exact) mass is 668 g/mol. The van der Waals surface area contributed by atoms with Gasteiger partial charge in [0.25, 0.3) is 0 Å². The highest BCUT2D eigenvalue weighted by Crippen LogP contribution is 2.38. The van der Waals surface area contributed by atoms with Crippen LogP contribution in [0.2, 0.25) is 13.1 Å². The molecule has 0 fully saturated rings. The maximum Gasteiger partial charge on any atom is 0.159 e. The Labute approximate surface area is 300 Å². The van der Waals surface area contributed by atoms with Crippen molar-refractivity contribution in [2.45, 2.75) is 13.1 Å². The highest BCUT2D eigenvalue weighted by molar-refractivity contribution is 7.03. The molecule has 0 spiro atoms. The molecular weight excluding hydrogens is 633 g/mol. The molecule has 1 aromatic heterocycles. The smallest absolute Gasteiger partial charge is 0.159 e. The van der Waals surface area contributed by atoms with Gasteiger partial charge >= 0.3 is 0 Å². The third-order valence-electron chi connectivity index (χ3n) is 10.3. The largest absolute Gasteiger partial charge is 0.237 e. The van der Waals surface area contributed by atoms with E-state index in [1.807, 2.05) is 0 Å². The summed E-state index contributed by atoms with van der Waals surface area (Å²) >= 11 is 0. The molecule has 0 bridgehead atoms. The first-order valence-corrected chi connectivity index (χ1v) is 20.6. The van der Waals surface area contributed by atoms with Crippen molar-refractivity contribution in [3.63, 3.8) is 0 Å². The Bertz CT molecular complexity index is 2540. The second kappa shape index (κ2) is 12.6. The van der Waals surface area contributed by atoms with E-state index < -0.39 is 8.07 Å². The van der Waals surface area contributed by atoms with Crippen molar-refractivity contribution in [2.24, 2.45) is 0 Å². The molecule has 0 saturated heterocycles. The van der Waals surface area contributed by atoms with Gasteiger partial charge in [0.1, 0.15) is 8.07 Å². The van der Waals surface area contributed by atoms with Gasteiger partial charge in [-0.1, -0.05) is 177 Å². The van der Waals surface area contributed by atoms with Crippen molar-refractivity contribution in [1.82, 2.24) is 9.97 Å². The summed E-state index contributed by atoms with van der Waals surface area (Å²) in [5.74, 6) is 0.776. The van der Waals surface area contributed by atoms with Crippen molar-refractivity contribution >= 4 is 18.6 Å². The third kappa shape index (κ3) is 5.62. The van der Waals surface area contributed by atoms with Crippen LogP contribution in [-0.2, 0) is 0 Å². The fourth-order valence-corrected chi connectivity index (χ4v) is 10.5. The van der Waals surface area contributed by atoms with Gasteiger partial charge in [0.15, 0.2) is 5.82 Å². The number of aromatic nitrogens is 2. The standard InChI is InChI=1S/C48H36N2Si/c1-51(2)44-25-10-9-24-43(44)45-46(41-22-12-20-39(31-41)34-16-7-4-8-17-34)49-47(50-48(45)51)42-23-13-21-40(32-42)36-28-26-35(27-29-36)38-19-11-18-37(30-38)33-14-5-3-6-15-33/h3-32H,1-2H3. The number of benzene rings is 7. The van der Waals surface area contributed by atoms with Crippen LogP contribution in [0.5, 0.6) is 0 Å². The topological polar surface area (TPSA) is 25.8 Å². The zero-order valence-electron chi connectivity index (χ0n) is 28.7. The maximum absolute atomic E-state index is 5.43. The van der Waals surface area contributed by atoms with Crippen molar-refractivity contribution in [3.05, 3.63) is 182 Å². The molecule has 0 unspecified atom stereocenters. The molecule has 1 aliphatic rings. The Hall–Kier alpha value is -6.16. The predicted octanol–water partition coefficient (Wildman–Crippen LogP) is 11.3. The van der Waals surface area contributed by atoms with Crippen molar-refractivity contribution in [1.29, 1.82) is 0 Å². The van der Waals surface area contributed by atoms with E-state index in [-0.39, 0.29) is 0 Å². The quantitative estimate of drug-likeness (QED) is 0.165. The maximum atomic E-state index is 5.43. The number of nitrogens with zero attached hydrogens (tertiary/aromatic N) is 2. The van der Waals surface area contributed by atoms with E-state index in [0.717, 1.165) is 28.2 Å². The summed E-state index contributed by atoms with van der Waals surface area (Å²) < 4.78 is 0. The van der Waals surface area contributed by atoms with Crippen molar-refractivity contribution < 1.29 is 0 Å². The van der Waals surface area contributed by atoms with Gasteiger partial charge in [-0.3, -0.25) is 0 Å². The Morgan fingerprint density at radius 3 is 1.33 bits per heavy atom. The first-order chi connectivity index (χ1) is 25.0. The van der Waals surface area contributed by atoms with E-state index in [4.69, 9.17) is 9.97 Å². The Morgan fingerprint density at radius 1 is 0.353 bits per heavy atom. The fraction of sp³-hybridized carbons (Fsp3) is 0.0417. The minimum Gasteiger partial charge on any atom is -0.237 e. The molecule has 0 radical (unpaired) electrons. The SMILES string of the molecule is C[Si]1(C)c2ccccc2-c2c(-c3cccc(-c4ccccc4)c3)nc(-c3cccc(-c4ccc(-c5cccc(-c6ccccc6)c5)cc4)c3)nc21. The van der Waals surface area contributed by atoms with E-state index in [2.05, 4.69) is 195 Å². The van der Waals surface area contributed by atoms with E-state index in [1.54, 1.807) is 0 Å². The summed E-state index contributed by atoms with van der Waals surface area (Å²) in [6.45, 7) is 4.85. The summed E-state index contributed by atoms with van der Waals surface area (Å²) in [6.07, 6.45) is 0. The first-order valence-electron chi connectivity index (χ1n) is 17.6. The fourth-order valence-electron chi connectivity index (χ4n) is 7.56. The third-order valence-corrected chi connectivity index (χ3v) is 13.6. The molecule has 0 atom stereocenters. The number of hydrogen-bond acceptors (Lipinski definition) is 2. The molecule has 242 valence electrons. The molecule has 1 aliphatic heterocycles. The normalized spacial score (nSPS) is 12.7. The first kappa shape index (κ1) is 30.9. The van der Waals surface area contributed by atoms with Crippen molar-refractivity contribution in [2.75, 3.05) is 0 Å². The van der Waals surface area contributed by atoms with Gasteiger partial charge in [-0.25, -0.2) is 9.97 Å². The van der Waals surface area contributed by atoms with Crippen LogP contribution in [0.4, 0.5) is 0 Å². The highest BCUT2D eigenvalue weighted by atomic mass is 28.3. The van der Waals surface area contributed by atoms with Crippen LogP contribution in [-0.4, -0.2) is 18.0 Å². The molecule has 3 heteroatoms. The molecule has 2 heterocycles. The molecule has 0 aliphatic carbocycles. The van der Waals surface area contributed by atoms with Crippen LogP contribution in [0.3, 0.4) is 0 Å². The zero-order valence-corrected chi connectivity index (χ0v) is 29.7. The van der Waals surface area contributed by atoms with Crippen LogP contribution in [0.25, 0.3) is 78.3 Å². The Balaban J connectivity index is 1.12. The average molecular weight is 669 g/mol. The second-order valence-corrected chi connectivity index (χ2v) is 18.1. The summed E-state index contributed by atoms with van der Waals surface area (Å²) in [4.78, 5) is 10.8. The van der Waals surface area contributed by atoms with Gasteiger partial charge < -0.3 is 0 Å². The summed E-state index contributed by atoms with van der Waals surface area (Å²) in [5, 5.41) is 2.64. The van der Waals surface area contributed by atoms with E-state index >= 15 is 0 Å². The van der Waals surface area contributed by atoms with Crippen LogP contribution in [0, 0.1) is 0 Å². The minimum atomic E-state index is -2.08. The molecular formula is C48H36N2Si. The van der Waals surface area contributed by atoms with Gasteiger partial charge in [0, 0.05) is 22.0 Å². The van der Waals surface area contributed by atoms with Gasteiger partial charge in [-0.05, 0) is 73.5 Å². The minimum absolute atomic E-state index is 0.776. The molecule has 0 amide bonds. The molecule has 2 nitrogen and oxygen atoms in total. The second-order valence-electron chi connectivity index (χ2n) is 13.8. The lowest BCUT2D eigenvalue weighted by Gasteiger charge is -2.19. The lowest BCUT2D eigenvalue weighted by atomic mass is 9.96. The summed E-state index contributed by atoms with van der Waals surface area (Å²) in [6, 6.07) is 65.2.